The quantitative estimate of drug-likeness (QED) is 0.579. The van der Waals surface area contributed by atoms with Gasteiger partial charge in [-0.15, -0.1) is 0 Å². The minimum Gasteiger partial charge on any atom is -0.378 e. The van der Waals surface area contributed by atoms with Crippen LogP contribution in [0, 0.1) is 5.41 Å². The van der Waals surface area contributed by atoms with E-state index < -0.39 is 0 Å². The van der Waals surface area contributed by atoms with E-state index in [4.69, 9.17) is 17.0 Å². The Morgan fingerprint density at radius 3 is 2.44 bits per heavy atom. The van der Waals surface area contributed by atoms with Gasteiger partial charge in [-0.1, -0.05) is 69.6 Å². The number of benzene rings is 1. The molecule has 1 saturated carbocycles. The van der Waals surface area contributed by atoms with Gasteiger partial charge in [-0.25, -0.2) is 4.98 Å². The Bertz CT molecular complexity index is 657. The van der Waals surface area contributed by atoms with Crippen molar-refractivity contribution in [1.29, 1.82) is 5.41 Å². The van der Waals surface area contributed by atoms with Crippen molar-refractivity contribution >= 4 is 22.5 Å². The second kappa shape index (κ2) is 11.5. The van der Waals surface area contributed by atoms with Crippen LogP contribution < -0.4 is 5.32 Å². The molecule has 0 saturated heterocycles. The minimum absolute atomic E-state index is 0.0186. The molecule has 1 aromatic carbocycles. The van der Waals surface area contributed by atoms with Crippen molar-refractivity contribution < 1.29 is 0 Å². The Morgan fingerprint density at radius 2 is 1.88 bits per heavy atom. The zero-order valence-electron chi connectivity index (χ0n) is 15.6. The number of rotatable bonds is 6. The van der Waals surface area contributed by atoms with Crippen LogP contribution in [0.1, 0.15) is 63.5 Å². The fourth-order valence-electron chi connectivity index (χ4n) is 2.20. The largest absolute Gasteiger partial charge is 0.378 e. The van der Waals surface area contributed by atoms with Crippen LogP contribution >= 0.6 is 11.6 Å². The number of aromatic nitrogens is 2. The number of hydrogen-bond donors (Lipinski definition) is 3. The molecular weight excluding hydrogens is 332 g/mol. The molecule has 1 aliphatic rings. The molecule has 4 nitrogen and oxygen atoms in total. The Labute approximate surface area is 156 Å². The summed E-state index contributed by atoms with van der Waals surface area (Å²) in [7, 11) is 0. The molecule has 0 aliphatic heterocycles. The third kappa shape index (κ3) is 7.14. The maximum absolute atomic E-state index is 7.47. The predicted octanol–water partition coefficient (Wildman–Crippen LogP) is 5.69. The van der Waals surface area contributed by atoms with Gasteiger partial charge in [0.15, 0.2) is 5.82 Å². The summed E-state index contributed by atoms with van der Waals surface area (Å²) in [5.41, 5.74) is 3.07. The average molecular weight is 361 g/mol. The Morgan fingerprint density at radius 1 is 1.24 bits per heavy atom. The van der Waals surface area contributed by atoms with Crippen LogP contribution in [0.2, 0.25) is 0 Å². The molecular formula is C20H29ClN4. The zero-order valence-corrected chi connectivity index (χ0v) is 16.3. The summed E-state index contributed by atoms with van der Waals surface area (Å²) >= 11 is 5.71. The highest BCUT2D eigenvalue weighted by Gasteiger charge is 2.25. The summed E-state index contributed by atoms with van der Waals surface area (Å²) in [6, 6.07) is 10.1. The van der Waals surface area contributed by atoms with Gasteiger partial charge in [0, 0.05) is 30.4 Å². The van der Waals surface area contributed by atoms with Crippen molar-refractivity contribution in [2.75, 3.05) is 0 Å². The van der Waals surface area contributed by atoms with Crippen LogP contribution in [-0.4, -0.2) is 15.1 Å². The van der Waals surface area contributed by atoms with Crippen molar-refractivity contribution in [3.63, 3.8) is 0 Å². The highest BCUT2D eigenvalue weighted by atomic mass is 35.5. The zero-order chi connectivity index (χ0) is 18.7. The molecule has 2 aromatic rings. The van der Waals surface area contributed by atoms with E-state index in [1.165, 1.54) is 24.1 Å². The molecule has 0 bridgehead atoms. The molecule has 5 heteroatoms. The predicted molar refractivity (Wildman–Crippen MR) is 108 cm³/mol. The van der Waals surface area contributed by atoms with Gasteiger partial charge in [0.05, 0.1) is 5.70 Å². The SMILES string of the molecule is CC.CC.N=C(Cl)/C=C(/NCc1ccccc1)c1ncc(C2CC2)[nH]1. The maximum atomic E-state index is 7.47. The first kappa shape index (κ1) is 21.0. The molecule has 1 aromatic heterocycles. The van der Waals surface area contributed by atoms with Gasteiger partial charge < -0.3 is 10.3 Å². The molecule has 0 spiro atoms. The van der Waals surface area contributed by atoms with Crippen molar-refractivity contribution in [2.24, 2.45) is 0 Å². The number of nitrogens with one attached hydrogen (secondary N) is 3. The van der Waals surface area contributed by atoms with E-state index in [9.17, 15) is 0 Å². The first-order chi connectivity index (χ1) is 12.2. The molecule has 3 rings (SSSR count). The lowest BCUT2D eigenvalue weighted by Gasteiger charge is -2.09. The molecule has 0 unspecified atom stereocenters. The van der Waals surface area contributed by atoms with Gasteiger partial charge >= 0.3 is 0 Å². The second-order valence-electron chi connectivity index (χ2n) is 5.21. The van der Waals surface area contributed by atoms with Crippen LogP contribution in [0.3, 0.4) is 0 Å². The third-order valence-electron chi connectivity index (χ3n) is 3.46. The van der Waals surface area contributed by atoms with Gasteiger partial charge in [-0.05, 0) is 18.4 Å². The number of allylic oxidation sites excluding steroid dienone is 1. The van der Waals surface area contributed by atoms with Crippen molar-refractivity contribution in [2.45, 2.75) is 53.0 Å². The van der Waals surface area contributed by atoms with Gasteiger partial charge in [0.25, 0.3) is 0 Å². The summed E-state index contributed by atoms with van der Waals surface area (Å²) in [5, 5.41) is 10.7. The molecule has 0 radical (unpaired) electrons. The number of aromatic amines is 1. The van der Waals surface area contributed by atoms with Gasteiger partial charge in [-0.3, -0.25) is 5.41 Å². The molecule has 1 heterocycles. The lowest BCUT2D eigenvalue weighted by Crippen LogP contribution is -2.13. The monoisotopic (exact) mass is 360 g/mol. The smallest absolute Gasteiger partial charge is 0.153 e. The summed E-state index contributed by atoms with van der Waals surface area (Å²) in [5.74, 6) is 1.36. The van der Waals surface area contributed by atoms with Crippen LogP contribution in [0.5, 0.6) is 0 Å². The Kier molecular flexibility index (Phi) is 9.63. The molecule has 1 fully saturated rings. The van der Waals surface area contributed by atoms with E-state index in [-0.39, 0.29) is 5.17 Å². The number of halogens is 1. The fourth-order valence-corrected chi connectivity index (χ4v) is 2.31. The fraction of sp³-hybridized carbons (Fsp3) is 0.400. The van der Waals surface area contributed by atoms with Gasteiger partial charge in [0.1, 0.15) is 5.17 Å². The minimum atomic E-state index is -0.0186. The molecule has 3 N–H and O–H groups in total. The lowest BCUT2D eigenvalue weighted by molar-refractivity contribution is 0.876. The lowest BCUT2D eigenvalue weighted by atomic mass is 10.2. The van der Waals surface area contributed by atoms with E-state index in [0.29, 0.717) is 12.5 Å². The second-order valence-corrected chi connectivity index (χ2v) is 5.61. The molecule has 1 aliphatic carbocycles. The molecule has 0 amide bonds. The van der Waals surface area contributed by atoms with Crippen LogP contribution in [-0.2, 0) is 6.54 Å². The summed E-state index contributed by atoms with van der Waals surface area (Å²) in [6.07, 6.45) is 5.91. The van der Waals surface area contributed by atoms with Gasteiger partial charge in [-0.2, -0.15) is 0 Å². The Hall–Kier alpha value is -2.07. The van der Waals surface area contributed by atoms with E-state index in [1.807, 2.05) is 64.2 Å². The molecule has 0 atom stereocenters. The number of H-pyrrole nitrogens is 1. The van der Waals surface area contributed by atoms with Crippen LogP contribution in [0.4, 0.5) is 0 Å². The number of nitrogens with zero attached hydrogens (tertiary/aromatic N) is 1. The first-order valence-corrected chi connectivity index (χ1v) is 9.39. The normalized spacial score (nSPS) is 13.1. The standard InChI is InChI=1S/C16H17ClN4.2C2H6/c17-15(18)8-13(19-9-11-4-2-1-3-5-11)16-20-10-14(21-16)12-6-7-12;2*1-2/h1-5,8,10,12,18-19H,6-7,9H2,(H,20,21);2*1-2H3/b13-8+,18-15?;;. The van der Waals surface area contributed by atoms with E-state index in [1.54, 1.807) is 6.08 Å². The topological polar surface area (TPSA) is 64.6 Å². The third-order valence-corrected chi connectivity index (χ3v) is 3.57. The van der Waals surface area contributed by atoms with Crippen molar-refractivity contribution in [1.82, 2.24) is 15.3 Å². The highest BCUT2D eigenvalue weighted by molar-refractivity contribution is 6.67. The van der Waals surface area contributed by atoms with Crippen LogP contribution in [0.15, 0.2) is 42.6 Å². The molecule has 136 valence electrons. The maximum Gasteiger partial charge on any atom is 0.153 e. The summed E-state index contributed by atoms with van der Waals surface area (Å²) in [4.78, 5) is 7.72. The number of hydrogen-bond acceptors (Lipinski definition) is 3. The number of imidazole rings is 1. The highest BCUT2D eigenvalue weighted by Crippen LogP contribution is 2.39. The van der Waals surface area contributed by atoms with E-state index in [0.717, 1.165) is 11.5 Å². The van der Waals surface area contributed by atoms with E-state index >= 15 is 0 Å². The molecule has 25 heavy (non-hydrogen) atoms. The summed E-state index contributed by atoms with van der Waals surface area (Å²) < 4.78 is 0. The van der Waals surface area contributed by atoms with Crippen molar-refractivity contribution in [3.8, 4) is 0 Å². The van der Waals surface area contributed by atoms with Crippen molar-refractivity contribution in [3.05, 3.63) is 59.7 Å². The van der Waals surface area contributed by atoms with E-state index in [2.05, 4.69) is 15.3 Å². The summed E-state index contributed by atoms with van der Waals surface area (Å²) in [6.45, 7) is 8.66. The average Bonchev–Trinajstić information content (AvgIpc) is 3.40. The van der Waals surface area contributed by atoms with Gasteiger partial charge in [0.2, 0.25) is 0 Å². The Balaban J connectivity index is 0.000000730. The van der Waals surface area contributed by atoms with Crippen LogP contribution in [0.25, 0.3) is 5.70 Å². The first-order valence-electron chi connectivity index (χ1n) is 9.01.